The fourth-order valence-electron chi connectivity index (χ4n) is 3.17. The Morgan fingerprint density at radius 1 is 1.19 bits per heavy atom. The van der Waals surface area contributed by atoms with Gasteiger partial charge in [-0.25, -0.2) is 9.18 Å². The van der Waals surface area contributed by atoms with Gasteiger partial charge in [0, 0.05) is 6.42 Å². The summed E-state index contributed by atoms with van der Waals surface area (Å²) in [6.07, 6.45) is -5.09. The zero-order valence-corrected chi connectivity index (χ0v) is 17.1. The SMILES string of the molecule is CC(C)(C)OC(=O)NC(C#N)CC1(C#N)C=CC(c2ccccc2)=CC1(F)C(F)(F)F. The van der Waals surface area contributed by atoms with E-state index in [1.165, 1.54) is 24.3 Å². The molecule has 5 nitrogen and oxygen atoms in total. The number of amides is 1. The second-order valence-corrected chi connectivity index (χ2v) is 8.12. The number of carbonyl (C=O) groups is 1. The van der Waals surface area contributed by atoms with E-state index < -0.39 is 41.4 Å². The van der Waals surface area contributed by atoms with Crippen molar-refractivity contribution >= 4 is 11.7 Å². The first kappa shape index (κ1) is 23.9. The number of hydrogen-bond donors (Lipinski definition) is 1. The maximum Gasteiger partial charge on any atom is 0.428 e. The highest BCUT2D eigenvalue weighted by atomic mass is 19.4. The topological polar surface area (TPSA) is 85.9 Å². The van der Waals surface area contributed by atoms with Crippen LogP contribution in [0.15, 0.2) is 48.6 Å². The lowest BCUT2D eigenvalue weighted by Gasteiger charge is -2.41. The van der Waals surface area contributed by atoms with Crippen LogP contribution in [0.25, 0.3) is 5.57 Å². The fourth-order valence-corrected chi connectivity index (χ4v) is 3.17. The second-order valence-electron chi connectivity index (χ2n) is 8.12. The first-order chi connectivity index (χ1) is 14.3. The van der Waals surface area contributed by atoms with Crippen molar-refractivity contribution in [2.45, 2.75) is 50.7 Å². The van der Waals surface area contributed by atoms with Gasteiger partial charge in [0.15, 0.2) is 0 Å². The smallest absolute Gasteiger partial charge is 0.428 e. The number of ether oxygens (including phenoxy) is 1. The third-order valence-electron chi connectivity index (χ3n) is 4.64. The van der Waals surface area contributed by atoms with E-state index in [1.54, 1.807) is 45.0 Å². The molecule has 1 aliphatic rings. The quantitative estimate of drug-likeness (QED) is 0.657. The molecule has 164 valence electrons. The Bertz CT molecular complexity index is 968. The van der Waals surface area contributed by atoms with Crippen LogP contribution >= 0.6 is 0 Å². The van der Waals surface area contributed by atoms with Crippen molar-refractivity contribution in [3.05, 3.63) is 54.1 Å². The van der Waals surface area contributed by atoms with E-state index in [4.69, 9.17) is 4.74 Å². The van der Waals surface area contributed by atoms with Crippen LogP contribution in [0.5, 0.6) is 0 Å². The second kappa shape index (κ2) is 8.43. The summed E-state index contributed by atoms with van der Waals surface area (Å²) in [6, 6.07) is 9.24. The third kappa shape index (κ3) is 5.05. The molecule has 3 unspecified atom stereocenters. The van der Waals surface area contributed by atoms with Crippen molar-refractivity contribution in [2.75, 3.05) is 0 Å². The molecule has 0 aliphatic heterocycles. The Morgan fingerprint density at radius 2 is 1.81 bits per heavy atom. The van der Waals surface area contributed by atoms with E-state index >= 15 is 4.39 Å². The highest BCUT2D eigenvalue weighted by Crippen LogP contribution is 2.54. The summed E-state index contributed by atoms with van der Waals surface area (Å²) in [5.74, 6) is 0. The van der Waals surface area contributed by atoms with Crippen LogP contribution in [-0.4, -0.2) is 29.6 Å². The minimum absolute atomic E-state index is 0.0556. The number of allylic oxidation sites excluding steroid dienone is 4. The summed E-state index contributed by atoms with van der Waals surface area (Å²) < 4.78 is 62.5. The van der Waals surface area contributed by atoms with Gasteiger partial charge in [0.05, 0.1) is 12.1 Å². The predicted octanol–water partition coefficient (Wildman–Crippen LogP) is 5.23. The number of nitriles is 2. The van der Waals surface area contributed by atoms with Crippen LogP contribution in [0.2, 0.25) is 0 Å². The number of benzene rings is 1. The largest absolute Gasteiger partial charge is 0.444 e. The van der Waals surface area contributed by atoms with Gasteiger partial charge in [-0.1, -0.05) is 42.5 Å². The van der Waals surface area contributed by atoms with Crippen LogP contribution in [0.1, 0.15) is 32.8 Å². The summed E-state index contributed by atoms with van der Waals surface area (Å²) in [7, 11) is 0. The Morgan fingerprint density at radius 3 is 2.29 bits per heavy atom. The van der Waals surface area contributed by atoms with Crippen LogP contribution in [0, 0.1) is 28.1 Å². The van der Waals surface area contributed by atoms with E-state index in [1.807, 2.05) is 0 Å². The average Bonchev–Trinajstić information content (AvgIpc) is 2.67. The molecule has 0 spiro atoms. The van der Waals surface area contributed by atoms with Crippen molar-refractivity contribution in [3.63, 3.8) is 0 Å². The monoisotopic (exact) mass is 435 g/mol. The fraction of sp³-hybridized carbons (Fsp3) is 0.409. The number of nitrogens with one attached hydrogen (secondary N) is 1. The molecule has 1 N–H and O–H groups in total. The number of halogens is 4. The molecule has 1 aromatic carbocycles. The number of nitrogens with zero attached hydrogens (tertiary/aromatic N) is 2. The standard InChI is InChI=1S/C22H21F4N3O2/c1-19(2,3)31-18(30)29-17(13-27)12-20(14-28)10-9-16(15-7-5-4-6-8-15)11-21(20,23)22(24,25)26/h4-11,17H,12H2,1-3H3,(H,29,30). The van der Waals surface area contributed by atoms with Crippen molar-refractivity contribution in [1.82, 2.24) is 5.32 Å². The Balaban J connectivity index is 2.45. The third-order valence-corrected chi connectivity index (χ3v) is 4.64. The molecule has 0 bridgehead atoms. The molecule has 1 aromatic rings. The van der Waals surface area contributed by atoms with Crippen LogP contribution in [-0.2, 0) is 4.74 Å². The maximum absolute atomic E-state index is 15.7. The van der Waals surface area contributed by atoms with Gasteiger partial charge in [0.2, 0.25) is 5.67 Å². The van der Waals surface area contributed by atoms with Gasteiger partial charge in [-0.05, 0) is 38.0 Å². The first-order valence-corrected chi connectivity index (χ1v) is 9.30. The van der Waals surface area contributed by atoms with Crippen LogP contribution in [0.3, 0.4) is 0 Å². The lowest BCUT2D eigenvalue weighted by atomic mass is 9.66. The molecular formula is C22H21F4N3O2. The van der Waals surface area contributed by atoms with Gasteiger partial charge in [-0.15, -0.1) is 0 Å². The van der Waals surface area contributed by atoms with Crippen LogP contribution in [0.4, 0.5) is 22.4 Å². The number of alkyl carbamates (subject to hydrolysis) is 1. The van der Waals surface area contributed by atoms with E-state index in [0.717, 1.165) is 6.08 Å². The predicted molar refractivity (Wildman–Crippen MR) is 105 cm³/mol. The Hall–Kier alpha value is -3.33. The molecular weight excluding hydrogens is 414 g/mol. The van der Waals surface area contributed by atoms with Gasteiger partial charge < -0.3 is 10.1 Å². The lowest BCUT2D eigenvalue weighted by molar-refractivity contribution is -0.235. The van der Waals surface area contributed by atoms with Crippen molar-refractivity contribution < 1.29 is 27.1 Å². The van der Waals surface area contributed by atoms with E-state index in [0.29, 0.717) is 11.6 Å². The molecule has 0 radical (unpaired) electrons. The molecule has 31 heavy (non-hydrogen) atoms. The molecule has 0 heterocycles. The van der Waals surface area contributed by atoms with Gasteiger partial charge >= 0.3 is 12.3 Å². The zero-order chi connectivity index (χ0) is 23.5. The zero-order valence-electron chi connectivity index (χ0n) is 17.1. The minimum Gasteiger partial charge on any atom is -0.444 e. The van der Waals surface area contributed by atoms with Gasteiger partial charge in [-0.3, -0.25) is 0 Å². The maximum atomic E-state index is 15.7. The highest BCUT2D eigenvalue weighted by Gasteiger charge is 2.68. The molecule has 0 fully saturated rings. The molecule has 1 aliphatic carbocycles. The van der Waals surface area contributed by atoms with E-state index in [9.17, 15) is 28.5 Å². The van der Waals surface area contributed by atoms with Crippen molar-refractivity contribution in [2.24, 2.45) is 5.41 Å². The normalized spacial score (nSPS) is 24.4. The van der Waals surface area contributed by atoms with E-state index in [2.05, 4.69) is 5.32 Å². The summed E-state index contributed by atoms with van der Waals surface area (Å²) in [5, 5.41) is 21.1. The van der Waals surface area contributed by atoms with Gasteiger partial charge in [0.1, 0.15) is 17.1 Å². The molecule has 2 rings (SSSR count). The summed E-state index contributed by atoms with van der Waals surface area (Å²) in [6.45, 7) is 4.67. The first-order valence-electron chi connectivity index (χ1n) is 9.30. The number of rotatable bonds is 4. The minimum atomic E-state index is -5.46. The van der Waals surface area contributed by atoms with E-state index in [-0.39, 0.29) is 5.57 Å². The molecule has 1 amide bonds. The van der Waals surface area contributed by atoms with Gasteiger partial charge in [0.25, 0.3) is 0 Å². The summed E-state index contributed by atoms with van der Waals surface area (Å²) in [5.41, 5.74) is -7.52. The summed E-state index contributed by atoms with van der Waals surface area (Å²) in [4.78, 5) is 11.9. The van der Waals surface area contributed by atoms with Crippen LogP contribution < -0.4 is 5.32 Å². The molecule has 0 aromatic heterocycles. The number of alkyl halides is 4. The highest BCUT2D eigenvalue weighted by molar-refractivity contribution is 5.77. The molecule has 0 saturated heterocycles. The van der Waals surface area contributed by atoms with Crippen molar-refractivity contribution in [3.8, 4) is 12.1 Å². The van der Waals surface area contributed by atoms with Gasteiger partial charge in [-0.2, -0.15) is 23.7 Å². The average molecular weight is 435 g/mol. The number of hydrogen-bond acceptors (Lipinski definition) is 4. The molecule has 0 saturated carbocycles. The lowest BCUT2D eigenvalue weighted by Crippen LogP contribution is -2.56. The Labute approximate surface area is 177 Å². The number of carbonyl (C=O) groups excluding carboxylic acids is 1. The Kier molecular flexibility index (Phi) is 6.51. The molecule has 9 heteroatoms. The summed E-state index contributed by atoms with van der Waals surface area (Å²) >= 11 is 0. The molecule has 3 atom stereocenters. The van der Waals surface area contributed by atoms with Crippen molar-refractivity contribution in [1.29, 1.82) is 10.5 Å².